The summed E-state index contributed by atoms with van der Waals surface area (Å²) in [4.78, 5) is 5.12. The van der Waals surface area contributed by atoms with Crippen LogP contribution in [0.2, 0.25) is 0 Å². The number of rotatable bonds is 8. The first-order chi connectivity index (χ1) is 8.19. The van der Waals surface area contributed by atoms with E-state index >= 15 is 0 Å². The van der Waals surface area contributed by atoms with Gasteiger partial charge in [0, 0.05) is 40.2 Å². The van der Waals surface area contributed by atoms with E-state index in [2.05, 4.69) is 24.9 Å². The summed E-state index contributed by atoms with van der Waals surface area (Å²) < 4.78 is 10.7. The minimum atomic E-state index is -0.346. The highest BCUT2D eigenvalue weighted by Crippen LogP contribution is 2.43. The van der Waals surface area contributed by atoms with Crippen molar-refractivity contribution in [1.82, 2.24) is 0 Å². The maximum Gasteiger partial charge on any atom is 0.168 e. The second-order valence-corrected chi connectivity index (χ2v) is 4.47. The Balaban J connectivity index is 2.36. The van der Waals surface area contributed by atoms with E-state index in [0.29, 0.717) is 5.92 Å². The average molecular weight is 241 g/mol. The molecular formula is C13H23NO3. The molecule has 1 aliphatic carbocycles. The summed E-state index contributed by atoms with van der Waals surface area (Å²) in [5.41, 5.74) is 0. The minimum Gasteiger partial charge on any atom is -0.362 e. The Morgan fingerprint density at radius 1 is 1.41 bits per heavy atom. The van der Waals surface area contributed by atoms with Crippen LogP contribution in [0.5, 0.6) is 0 Å². The van der Waals surface area contributed by atoms with Crippen molar-refractivity contribution in [2.45, 2.75) is 44.8 Å². The molecule has 4 nitrogen and oxygen atoms in total. The molecule has 0 radical (unpaired) electrons. The highest BCUT2D eigenvalue weighted by molar-refractivity contribution is 5.21. The fraction of sp³-hybridized carbons (Fsp3) is 0.769. The van der Waals surface area contributed by atoms with E-state index in [1.807, 2.05) is 0 Å². The lowest BCUT2D eigenvalue weighted by Crippen LogP contribution is -2.46. The van der Waals surface area contributed by atoms with E-state index in [1.165, 1.54) is 0 Å². The van der Waals surface area contributed by atoms with Crippen molar-refractivity contribution < 1.29 is 14.3 Å². The van der Waals surface area contributed by atoms with Gasteiger partial charge in [-0.25, -0.2) is 0 Å². The summed E-state index contributed by atoms with van der Waals surface area (Å²) in [6.45, 7) is 5.46. The molecule has 17 heavy (non-hydrogen) atoms. The van der Waals surface area contributed by atoms with Gasteiger partial charge in [-0.05, 0) is 24.8 Å². The maximum atomic E-state index is 5.35. The van der Waals surface area contributed by atoms with Gasteiger partial charge in [0.15, 0.2) is 5.79 Å². The molecule has 0 spiro atoms. The van der Waals surface area contributed by atoms with Crippen molar-refractivity contribution in [2.24, 2.45) is 11.1 Å². The molecule has 0 N–H and O–H groups in total. The Kier molecular flexibility index (Phi) is 5.65. The van der Waals surface area contributed by atoms with Crippen LogP contribution in [-0.2, 0) is 14.3 Å². The zero-order chi connectivity index (χ0) is 12.7. The van der Waals surface area contributed by atoms with Crippen molar-refractivity contribution in [3.8, 4) is 0 Å². The molecule has 1 aliphatic rings. The van der Waals surface area contributed by atoms with E-state index in [-0.39, 0.29) is 5.79 Å². The van der Waals surface area contributed by atoms with Crippen LogP contribution in [0.3, 0.4) is 0 Å². The first-order valence-electron chi connectivity index (χ1n) is 6.12. The smallest absolute Gasteiger partial charge is 0.168 e. The van der Waals surface area contributed by atoms with Gasteiger partial charge in [0.05, 0.1) is 0 Å². The van der Waals surface area contributed by atoms with E-state index in [0.717, 1.165) is 37.9 Å². The predicted octanol–water partition coefficient (Wildman–Crippen LogP) is 3.09. The van der Waals surface area contributed by atoms with Gasteiger partial charge in [-0.3, -0.25) is 0 Å². The molecule has 0 aromatic carbocycles. The third-order valence-electron chi connectivity index (χ3n) is 3.30. The van der Waals surface area contributed by atoms with Gasteiger partial charge in [0.1, 0.15) is 5.76 Å². The molecule has 0 heterocycles. The third kappa shape index (κ3) is 3.82. The number of nitrogens with zero attached hydrogens (tertiary/aromatic N) is 1. The lowest BCUT2D eigenvalue weighted by atomic mass is 9.76. The summed E-state index contributed by atoms with van der Waals surface area (Å²) in [7, 11) is 3.39. The number of oxime groups is 1. The van der Waals surface area contributed by atoms with E-state index in [9.17, 15) is 0 Å². The number of hydrogen-bond donors (Lipinski definition) is 0. The second-order valence-electron chi connectivity index (χ2n) is 4.47. The zero-order valence-corrected chi connectivity index (χ0v) is 11.1. The van der Waals surface area contributed by atoms with Crippen molar-refractivity contribution in [2.75, 3.05) is 14.2 Å². The van der Waals surface area contributed by atoms with Gasteiger partial charge in [0.2, 0.25) is 0 Å². The topological polar surface area (TPSA) is 40.0 Å². The van der Waals surface area contributed by atoms with Gasteiger partial charge in [-0.2, -0.15) is 0 Å². The molecule has 0 amide bonds. The summed E-state index contributed by atoms with van der Waals surface area (Å²) in [5, 5.41) is 3.47. The lowest BCUT2D eigenvalue weighted by Gasteiger charge is -2.44. The molecule has 4 heteroatoms. The summed E-state index contributed by atoms with van der Waals surface area (Å²) in [6.07, 6.45) is 6.93. The van der Waals surface area contributed by atoms with Crippen LogP contribution in [0.4, 0.5) is 0 Å². The highest BCUT2D eigenvalue weighted by atomic mass is 16.7. The highest BCUT2D eigenvalue weighted by Gasteiger charge is 2.44. The van der Waals surface area contributed by atoms with E-state index < -0.39 is 0 Å². The average Bonchev–Trinajstić information content (AvgIpc) is 2.28. The summed E-state index contributed by atoms with van der Waals surface area (Å²) in [6, 6.07) is 0. The standard InChI is InChI=1S/C13H23NO3/c1-5-6-12(17-14-2)8-7-11-9-13(10-11,15-3)16-4/h8,11H,2,5-7,9-10H2,1,3-4H3/b12-8-. The lowest BCUT2D eigenvalue weighted by molar-refractivity contribution is -0.269. The quantitative estimate of drug-likeness (QED) is 0.284. The van der Waals surface area contributed by atoms with E-state index in [4.69, 9.17) is 14.3 Å². The van der Waals surface area contributed by atoms with Crippen LogP contribution in [0.25, 0.3) is 0 Å². The van der Waals surface area contributed by atoms with Crippen molar-refractivity contribution in [3.63, 3.8) is 0 Å². The first-order valence-corrected chi connectivity index (χ1v) is 6.12. The normalized spacial score (nSPS) is 19.8. The van der Waals surface area contributed by atoms with Crippen LogP contribution in [0, 0.1) is 5.92 Å². The summed E-state index contributed by atoms with van der Waals surface area (Å²) >= 11 is 0. The first kappa shape index (κ1) is 14.2. The predicted molar refractivity (Wildman–Crippen MR) is 67.7 cm³/mol. The Morgan fingerprint density at radius 3 is 2.53 bits per heavy atom. The minimum absolute atomic E-state index is 0.346. The van der Waals surface area contributed by atoms with Gasteiger partial charge in [-0.15, -0.1) is 0 Å². The fourth-order valence-electron chi connectivity index (χ4n) is 2.22. The maximum absolute atomic E-state index is 5.35. The number of allylic oxidation sites excluding steroid dienone is 2. The van der Waals surface area contributed by atoms with Gasteiger partial charge >= 0.3 is 0 Å². The SMILES string of the molecule is C=NO/C(=C\CC1CC(OC)(OC)C1)CCC. The Bertz CT molecular complexity index is 264. The second kappa shape index (κ2) is 6.77. The van der Waals surface area contributed by atoms with Crippen LogP contribution >= 0.6 is 0 Å². The molecule has 0 saturated heterocycles. The molecule has 0 aromatic heterocycles. The monoisotopic (exact) mass is 241 g/mol. The Hall–Kier alpha value is -0.870. The van der Waals surface area contributed by atoms with Crippen molar-refractivity contribution in [3.05, 3.63) is 11.8 Å². The molecule has 1 rings (SSSR count). The Morgan fingerprint density at radius 2 is 2.06 bits per heavy atom. The van der Waals surface area contributed by atoms with E-state index in [1.54, 1.807) is 14.2 Å². The summed E-state index contributed by atoms with van der Waals surface area (Å²) in [5.74, 6) is 1.17. The number of methoxy groups -OCH3 is 2. The van der Waals surface area contributed by atoms with Crippen molar-refractivity contribution >= 4 is 6.72 Å². The molecule has 0 aliphatic heterocycles. The largest absolute Gasteiger partial charge is 0.362 e. The molecular weight excluding hydrogens is 218 g/mol. The Labute approximate surface area is 104 Å². The van der Waals surface area contributed by atoms with Crippen LogP contribution in [0.1, 0.15) is 39.0 Å². The molecule has 0 atom stereocenters. The number of ether oxygens (including phenoxy) is 2. The third-order valence-corrected chi connectivity index (χ3v) is 3.30. The van der Waals surface area contributed by atoms with Crippen molar-refractivity contribution in [1.29, 1.82) is 0 Å². The molecule has 1 saturated carbocycles. The molecule has 1 fully saturated rings. The van der Waals surface area contributed by atoms with Crippen LogP contribution in [0.15, 0.2) is 17.0 Å². The van der Waals surface area contributed by atoms with Crippen LogP contribution < -0.4 is 0 Å². The molecule has 98 valence electrons. The van der Waals surface area contributed by atoms with Gasteiger partial charge in [-0.1, -0.05) is 12.1 Å². The molecule has 0 unspecified atom stereocenters. The van der Waals surface area contributed by atoms with Gasteiger partial charge in [0.25, 0.3) is 0 Å². The van der Waals surface area contributed by atoms with Gasteiger partial charge < -0.3 is 14.3 Å². The fourth-order valence-corrected chi connectivity index (χ4v) is 2.22. The molecule has 0 bridgehead atoms. The molecule has 0 aromatic rings. The number of hydrogen-bond acceptors (Lipinski definition) is 4. The van der Waals surface area contributed by atoms with Crippen LogP contribution in [-0.4, -0.2) is 26.7 Å². The zero-order valence-electron chi connectivity index (χ0n) is 11.1.